The lowest BCUT2D eigenvalue weighted by molar-refractivity contribution is 0.0700. The highest BCUT2D eigenvalue weighted by atomic mass is 32.2. The van der Waals surface area contributed by atoms with Crippen LogP contribution < -0.4 is 0 Å². The molecule has 1 N–H and O–H groups in total. The van der Waals surface area contributed by atoms with E-state index in [0.29, 0.717) is 4.88 Å². The van der Waals surface area contributed by atoms with E-state index >= 15 is 0 Å². The van der Waals surface area contributed by atoms with Gasteiger partial charge in [0.1, 0.15) is 4.88 Å². The molecular formula is C9H12O2S2. The predicted molar refractivity (Wildman–Crippen MR) is 57.1 cm³/mol. The molecule has 0 saturated heterocycles. The first-order chi connectivity index (χ1) is 6.06. The van der Waals surface area contributed by atoms with Crippen LogP contribution in [0.15, 0.2) is 10.3 Å². The van der Waals surface area contributed by atoms with Gasteiger partial charge in [-0.1, -0.05) is 13.8 Å². The summed E-state index contributed by atoms with van der Waals surface area (Å²) in [7, 11) is 0. The second-order valence-corrected chi connectivity index (χ2v) is 5.17. The van der Waals surface area contributed by atoms with Gasteiger partial charge in [0.15, 0.2) is 0 Å². The summed E-state index contributed by atoms with van der Waals surface area (Å²) in [6.07, 6.45) is 1.96. The Bertz CT molecular complexity index is 315. The molecule has 72 valence electrons. The van der Waals surface area contributed by atoms with Gasteiger partial charge in [0, 0.05) is 0 Å². The third kappa shape index (κ3) is 2.25. The lowest BCUT2D eigenvalue weighted by Crippen LogP contribution is -1.98. The molecule has 4 heteroatoms. The maximum absolute atomic E-state index is 10.9. The molecule has 0 aliphatic rings. The summed E-state index contributed by atoms with van der Waals surface area (Å²) in [5.41, 5.74) is 0.946. The van der Waals surface area contributed by atoms with Crippen LogP contribution in [0, 0.1) is 0 Å². The van der Waals surface area contributed by atoms with Crippen molar-refractivity contribution in [1.29, 1.82) is 0 Å². The fourth-order valence-electron chi connectivity index (χ4n) is 1.08. The Hall–Kier alpha value is -0.480. The van der Waals surface area contributed by atoms with Crippen molar-refractivity contribution in [2.45, 2.75) is 24.0 Å². The number of thioether (sulfide) groups is 1. The zero-order valence-corrected chi connectivity index (χ0v) is 9.46. The standard InChI is InChI=1S/C9H12O2S2/c1-5(2)6-4-7(12-3)13-8(6)9(10)11/h4-5H,1-3H3,(H,10,11). The number of carbonyl (C=O) groups is 1. The van der Waals surface area contributed by atoms with E-state index < -0.39 is 5.97 Å². The summed E-state index contributed by atoms with van der Waals surface area (Å²) in [6, 6.07) is 1.98. The molecule has 0 spiro atoms. The maximum Gasteiger partial charge on any atom is 0.346 e. The first kappa shape index (κ1) is 10.6. The van der Waals surface area contributed by atoms with Crippen molar-refractivity contribution in [3.8, 4) is 0 Å². The van der Waals surface area contributed by atoms with Crippen LogP contribution in [0.2, 0.25) is 0 Å². The molecule has 2 nitrogen and oxygen atoms in total. The van der Waals surface area contributed by atoms with Crippen LogP contribution in [0.4, 0.5) is 0 Å². The highest BCUT2D eigenvalue weighted by Crippen LogP contribution is 2.33. The number of rotatable bonds is 3. The zero-order valence-electron chi connectivity index (χ0n) is 7.83. The van der Waals surface area contributed by atoms with Crippen LogP contribution in [0.25, 0.3) is 0 Å². The number of carboxylic acids is 1. The van der Waals surface area contributed by atoms with Gasteiger partial charge in [-0.2, -0.15) is 0 Å². The molecule has 0 fully saturated rings. The number of carboxylic acid groups (broad SMARTS) is 1. The minimum absolute atomic E-state index is 0.281. The molecule has 1 aromatic heterocycles. The number of hydrogen-bond donors (Lipinski definition) is 1. The fraction of sp³-hybridized carbons (Fsp3) is 0.444. The van der Waals surface area contributed by atoms with Gasteiger partial charge in [-0.25, -0.2) is 4.79 Å². The summed E-state index contributed by atoms with van der Waals surface area (Å²) in [4.78, 5) is 11.3. The monoisotopic (exact) mass is 216 g/mol. The van der Waals surface area contributed by atoms with Crippen molar-refractivity contribution in [2.75, 3.05) is 6.26 Å². The van der Waals surface area contributed by atoms with Gasteiger partial charge >= 0.3 is 5.97 Å². The average Bonchev–Trinajstić information content (AvgIpc) is 2.47. The average molecular weight is 216 g/mol. The molecule has 0 aromatic carbocycles. The minimum Gasteiger partial charge on any atom is -0.477 e. The first-order valence-electron chi connectivity index (χ1n) is 3.97. The third-order valence-electron chi connectivity index (χ3n) is 1.76. The van der Waals surface area contributed by atoms with Crippen molar-refractivity contribution >= 4 is 29.1 Å². The van der Waals surface area contributed by atoms with E-state index in [1.807, 2.05) is 26.2 Å². The topological polar surface area (TPSA) is 37.3 Å². The summed E-state index contributed by atoms with van der Waals surface area (Å²) < 4.78 is 1.07. The molecule has 0 atom stereocenters. The van der Waals surface area contributed by atoms with Gasteiger partial charge in [-0.3, -0.25) is 0 Å². The zero-order chi connectivity index (χ0) is 10.0. The molecule has 13 heavy (non-hydrogen) atoms. The van der Waals surface area contributed by atoms with Crippen molar-refractivity contribution < 1.29 is 9.90 Å². The lowest BCUT2D eigenvalue weighted by Gasteiger charge is -2.01. The largest absolute Gasteiger partial charge is 0.477 e. The Labute approximate surface area is 86.0 Å². The molecule has 0 amide bonds. The van der Waals surface area contributed by atoms with Crippen molar-refractivity contribution in [3.63, 3.8) is 0 Å². The lowest BCUT2D eigenvalue weighted by atomic mass is 10.0. The van der Waals surface area contributed by atoms with Gasteiger partial charge in [0.2, 0.25) is 0 Å². The first-order valence-corrected chi connectivity index (χ1v) is 6.01. The van der Waals surface area contributed by atoms with E-state index in [2.05, 4.69) is 0 Å². The Morgan fingerprint density at radius 1 is 1.62 bits per heavy atom. The summed E-state index contributed by atoms with van der Waals surface area (Å²) in [6.45, 7) is 4.03. The molecule has 0 bridgehead atoms. The van der Waals surface area contributed by atoms with Crippen LogP contribution in [0.1, 0.15) is 35.0 Å². The molecule has 0 radical (unpaired) electrons. The van der Waals surface area contributed by atoms with E-state index in [1.54, 1.807) is 11.8 Å². The molecule has 0 saturated carbocycles. The molecule has 0 unspecified atom stereocenters. The molecule has 0 aliphatic carbocycles. The quantitative estimate of drug-likeness (QED) is 0.788. The van der Waals surface area contributed by atoms with Gasteiger partial charge in [-0.15, -0.1) is 23.1 Å². The predicted octanol–water partition coefficient (Wildman–Crippen LogP) is 3.29. The van der Waals surface area contributed by atoms with E-state index in [9.17, 15) is 4.79 Å². The van der Waals surface area contributed by atoms with Crippen LogP contribution in [-0.4, -0.2) is 17.3 Å². The smallest absolute Gasteiger partial charge is 0.346 e. The SMILES string of the molecule is CSc1cc(C(C)C)c(C(=O)O)s1. The van der Waals surface area contributed by atoms with Crippen molar-refractivity contribution in [1.82, 2.24) is 0 Å². The van der Waals surface area contributed by atoms with Gasteiger partial charge in [-0.05, 0) is 23.8 Å². The Morgan fingerprint density at radius 2 is 2.23 bits per heavy atom. The fourth-order valence-corrected chi connectivity index (χ4v) is 2.79. The molecule has 0 aliphatic heterocycles. The van der Waals surface area contributed by atoms with Gasteiger partial charge in [0.25, 0.3) is 0 Å². The van der Waals surface area contributed by atoms with Crippen LogP contribution >= 0.6 is 23.1 Å². The van der Waals surface area contributed by atoms with E-state index in [4.69, 9.17) is 5.11 Å². The Morgan fingerprint density at radius 3 is 2.54 bits per heavy atom. The second kappa shape index (κ2) is 4.15. The summed E-state index contributed by atoms with van der Waals surface area (Å²) >= 11 is 2.95. The Kier molecular flexibility index (Phi) is 3.39. The van der Waals surface area contributed by atoms with Crippen LogP contribution in [0.3, 0.4) is 0 Å². The summed E-state index contributed by atoms with van der Waals surface area (Å²) in [5, 5.41) is 8.92. The number of thiophene rings is 1. The molecular weight excluding hydrogens is 204 g/mol. The molecule has 1 aromatic rings. The Balaban J connectivity index is 3.15. The highest BCUT2D eigenvalue weighted by Gasteiger charge is 2.16. The third-order valence-corrected chi connectivity index (χ3v) is 3.96. The maximum atomic E-state index is 10.9. The van der Waals surface area contributed by atoms with Crippen molar-refractivity contribution in [3.05, 3.63) is 16.5 Å². The summed E-state index contributed by atoms with van der Waals surface area (Å²) in [5.74, 6) is -0.530. The minimum atomic E-state index is -0.811. The highest BCUT2D eigenvalue weighted by molar-refractivity contribution is 8.00. The second-order valence-electron chi connectivity index (χ2n) is 3.01. The van der Waals surface area contributed by atoms with E-state index in [1.165, 1.54) is 11.3 Å². The van der Waals surface area contributed by atoms with E-state index in [-0.39, 0.29) is 5.92 Å². The normalized spacial score (nSPS) is 10.8. The van der Waals surface area contributed by atoms with Gasteiger partial charge < -0.3 is 5.11 Å². The van der Waals surface area contributed by atoms with Crippen LogP contribution in [-0.2, 0) is 0 Å². The molecule has 1 heterocycles. The number of hydrogen-bond acceptors (Lipinski definition) is 3. The molecule has 1 rings (SSSR count). The van der Waals surface area contributed by atoms with Gasteiger partial charge in [0.05, 0.1) is 4.21 Å². The number of aromatic carboxylic acids is 1. The van der Waals surface area contributed by atoms with E-state index in [0.717, 1.165) is 9.77 Å². The van der Waals surface area contributed by atoms with Crippen LogP contribution in [0.5, 0.6) is 0 Å². The van der Waals surface area contributed by atoms with Crippen molar-refractivity contribution in [2.24, 2.45) is 0 Å².